The zero-order chi connectivity index (χ0) is 13.1. The van der Waals surface area contributed by atoms with Crippen LogP contribution in [-0.4, -0.2) is 11.0 Å². The van der Waals surface area contributed by atoms with Gasteiger partial charge in [0.15, 0.2) is 0 Å². The largest absolute Gasteiger partial charge is 0.386 e. The first kappa shape index (κ1) is 13.0. The number of aromatic nitrogens is 1. The van der Waals surface area contributed by atoms with E-state index in [9.17, 15) is 0 Å². The molecule has 0 saturated carbocycles. The summed E-state index contributed by atoms with van der Waals surface area (Å²) in [5, 5.41) is 3.27. The lowest BCUT2D eigenvalue weighted by Gasteiger charge is -2.15. The van der Waals surface area contributed by atoms with E-state index in [0.29, 0.717) is 0 Å². The molecule has 1 N–H and O–H groups in total. The van der Waals surface area contributed by atoms with Gasteiger partial charge in [0.1, 0.15) is 0 Å². The second-order valence-electron chi connectivity index (χ2n) is 4.40. The van der Waals surface area contributed by atoms with E-state index in [4.69, 9.17) is 0 Å². The normalized spacial score (nSPS) is 11.9. The first-order valence-corrected chi connectivity index (χ1v) is 7.06. The minimum absolute atomic E-state index is 1.09. The zero-order valence-corrected chi connectivity index (χ0v) is 12.3. The molecule has 2 aromatic rings. The highest BCUT2D eigenvalue weighted by atomic mass is 32.1. The number of hydrogen-bond donors (Lipinski definition) is 1. The summed E-state index contributed by atoms with van der Waals surface area (Å²) in [6.07, 6.45) is 3.25. The van der Waals surface area contributed by atoms with Crippen molar-refractivity contribution in [1.29, 1.82) is 0 Å². The van der Waals surface area contributed by atoms with Crippen LogP contribution in [0, 0.1) is 13.8 Å². The Morgan fingerprint density at radius 1 is 1.28 bits per heavy atom. The Kier molecular flexibility index (Phi) is 3.92. The summed E-state index contributed by atoms with van der Waals surface area (Å²) in [5.74, 6) is 0. The Morgan fingerprint density at radius 2 is 1.94 bits per heavy atom. The van der Waals surface area contributed by atoms with Crippen molar-refractivity contribution in [2.75, 3.05) is 7.05 Å². The zero-order valence-electron chi connectivity index (χ0n) is 11.4. The lowest BCUT2D eigenvalue weighted by atomic mass is 10.1. The topological polar surface area (TPSA) is 17.0 Å². The van der Waals surface area contributed by atoms with E-state index in [2.05, 4.69) is 60.5 Å². The summed E-state index contributed by atoms with van der Waals surface area (Å²) < 4.78 is 2.20. The Bertz CT molecular complexity index is 544. The molecular weight excluding hydrogens is 240 g/mol. The van der Waals surface area contributed by atoms with Crippen LogP contribution in [0.5, 0.6) is 0 Å². The van der Waals surface area contributed by atoms with Crippen LogP contribution < -0.4 is 5.32 Å². The third kappa shape index (κ3) is 2.51. The van der Waals surface area contributed by atoms with Crippen molar-refractivity contribution in [2.45, 2.75) is 27.2 Å². The van der Waals surface area contributed by atoms with Gasteiger partial charge in [-0.2, -0.15) is 0 Å². The fourth-order valence-electron chi connectivity index (χ4n) is 1.84. The van der Waals surface area contributed by atoms with Gasteiger partial charge >= 0.3 is 0 Å². The van der Waals surface area contributed by atoms with Crippen molar-refractivity contribution in [2.24, 2.45) is 0 Å². The molecule has 3 heteroatoms. The van der Waals surface area contributed by atoms with Crippen molar-refractivity contribution >= 4 is 23.4 Å². The highest BCUT2D eigenvalue weighted by Crippen LogP contribution is 2.22. The molecule has 1 aromatic carbocycles. The summed E-state index contributed by atoms with van der Waals surface area (Å²) >= 11 is 1.78. The van der Waals surface area contributed by atoms with Gasteiger partial charge in [0.25, 0.3) is 0 Å². The molecule has 2 nitrogen and oxygen atoms in total. The molecule has 0 radical (unpaired) electrons. The van der Waals surface area contributed by atoms with Gasteiger partial charge in [-0.05, 0) is 31.4 Å². The Balaban J connectivity index is 2.28. The molecule has 1 heterocycles. The predicted molar refractivity (Wildman–Crippen MR) is 80.8 cm³/mol. The standard InChI is InChI=1S/C15H20N2S/c1-5-13-6-8-14(9-7-13)15(16-4)10-17-11(2)12(3)18-17/h6-10,16H,5H2,1-4H3/b15-10-. The van der Waals surface area contributed by atoms with E-state index in [1.807, 2.05) is 7.05 Å². The number of rotatable bonds is 4. The van der Waals surface area contributed by atoms with Gasteiger partial charge in [-0.25, -0.2) is 0 Å². The third-order valence-electron chi connectivity index (χ3n) is 3.26. The molecule has 0 amide bonds. The molecular formula is C15H20N2S. The average molecular weight is 260 g/mol. The average Bonchev–Trinajstić information content (AvgIpc) is 2.43. The molecule has 18 heavy (non-hydrogen) atoms. The van der Waals surface area contributed by atoms with E-state index >= 15 is 0 Å². The van der Waals surface area contributed by atoms with E-state index in [1.165, 1.54) is 21.7 Å². The van der Waals surface area contributed by atoms with Crippen LogP contribution in [-0.2, 0) is 6.42 Å². The third-order valence-corrected chi connectivity index (χ3v) is 4.41. The Labute approximate surface area is 113 Å². The molecule has 0 aliphatic rings. The summed E-state index contributed by atoms with van der Waals surface area (Å²) in [4.78, 5) is 1.39. The number of nitrogens with zero attached hydrogens (tertiary/aromatic N) is 1. The maximum Gasteiger partial charge on any atom is 0.0590 e. The quantitative estimate of drug-likeness (QED) is 0.882. The highest BCUT2D eigenvalue weighted by Gasteiger charge is 2.06. The number of aryl methyl sites for hydroxylation is 2. The molecule has 1 aromatic heterocycles. The van der Waals surface area contributed by atoms with Crippen molar-refractivity contribution in [1.82, 2.24) is 9.27 Å². The Hall–Kier alpha value is -1.48. The first-order chi connectivity index (χ1) is 8.65. The molecule has 0 fully saturated rings. The SMILES string of the molecule is CCc1ccc(/C(=C/n2sc(C)c2C)NC)cc1. The van der Waals surface area contributed by atoms with Gasteiger partial charge < -0.3 is 5.32 Å². The minimum Gasteiger partial charge on any atom is -0.386 e. The fourth-order valence-corrected chi connectivity index (χ4v) is 2.67. The van der Waals surface area contributed by atoms with Crippen LogP contribution >= 0.6 is 11.5 Å². The summed E-state index contributed by atoms with van der Waals surface area (Å²) in [6.45, 7) is 6.48. The van der Waals surface area contributed by atoms with E-state index < -0.39 is 0 Å². The van der Waals surface area contributed by atoms with Crippen molar-refractivity contribution < 1.29 is 0 Å². The fraction of sp³-hybridized carbons (Fsp3) is 0.333. The smallest absolute Gasteiger partial charge is 0.0590 e. The monoisotopic (exact) mass is 260 g/mol. The second-order valence-corrected chi connectivity index (χ2v) is 5.59. The minimum atomic E-state index is 1.09. The number of benzene rings is 1. The van der Waals surface area contributed by atoms with Crippen LogP contribution in [0.25, 0.3) is 11.9 Å². The van der Waals surface area contributed by atoms with Gasteiger partial charge in [-0.3, -0.25) is 3.96 Å². The maximum absolute atomic E-state index is 3.27. The van der Waals surface area contributed by atoms with Crippen LogP contribution in [0.15, 0.2) is 24.3 Å². The van der Waals surface area contributed by atoms with Crippen LogP contribution in [0.3, 0.4) is 0 Å². The van der Waals surface area contributed by atoms with Crippen molar-refractivity contribution in [3.05, 3.63) is 46.0 Å². The van der Waals surface area contributed by atoms with Crippen molar-refractivity contribution in [3.8, 4) is 0 Å². The molecule has 0 bridgehead atoms. The molecule has 96 valence electrons. The lowest BCUT2D eigenvalue weighted by molar-refractivity contribution is 1.07. The van der Waals surface area contributed by atoms with Crippen LogP contribution in [0.2, 0.25) is 0 Å². The molecule has 0 unspecified atom stereocenters. The first-order valence-electron chi connectivity index (χ1n) is 6.29. The summed E-state index contributed by atoms with van der Waals surface area (Å²) in [6, 6.07) is 8.74. The molecule has 0 aliphatic carbocycles. The molecule has 0 spiro atoms. The number of nitrogens with one attached hydrogen (secondary N) is 1. The highest BCUT2D eigenvalue weighted by molar-refractivity contribution is 7.08. The van der Waals surface area contributed by atoms with Gasteiger partial charge in [0.2, 0.25) is 0 Å². The van der Waals surface area contributed by atoms with Crippen LogP contribution in [0.1, 0.15) is 28.6 Å². The maximum atomic E-state index is 3.27. The lowest BCUT2D eigenvalue weighted by Crippen LogP contribution is -2.08. The van der Waals surface area contributed by atoms with Crippen molar-refractivity contribution in [3.63, 3.8) is 0 Å². The van der Waals surface area contributed by atoms with Gasteiger partial charge in [0, 0.05) is 23.8 Å². The van der Waals surface area contributed by atoms with Gasteiger partial charge in [-0.15, -0.1) is 0 Å². The van der Waals surface area contributed by atoms with Gasteiger partial charge in [0.05, 0.1) is 5.70 Å². The molecule has 2 rings (SSSR count). The molecule has 0 saturated heterocycles. The Morgan fingerprint density at radius 3 is 2.39 bits per heavy atom. The number of hydrogen-bond acceptors (Lipinski definition) is 2. The molecule has 0 aliphatic heterocycles. The summed E-state index contributed by atoms with van der Waals surface area (Å²) in [5.41, 5.74) is 5.09. The van der Waals surface area contributed by atoms with E-state index in [-0.39, 0.29) is 0 Å². The second kappa shape index (κ2) is 5.44. The van der Waals surface area contributed by atoms with Crippen LogP contribution in [0.4, 0.5) is 0 Å². The molecule has 0 atom stereocenters. The summed E-state index contributed by atoms with van der Waals surface area (Å²) in [7, 11) is 1.97. The van der Waals surface area contributed by atoms with E-state index in [0.717, 1.165) is 12.1 Å². The van der Waals surface area contributed by atoms with E-state index in [1.54, 1.807) is 11.5 Å². The van der Waals surface area contributed by atoms with Gasteiger partial charge in [-0.1, -0.05) is 42.7 Å². The predicted octanol–water partition coefficient (Wildman–Crippen LogP) is 3.90.